The van der Waals surface area contributed by atoms with E-state index in [1.807, 2.05) is 12.1 Å². The zero-order valence-corrected chi connectivity index (χ0v) is 37.0. The van der Waals surface area contributed by atoms with Crippen molar-refractivity contribution >= 4 is 27.9 Å². The second kappa shape index (κ2) is 18.5. The third-order valence-corrected chi connectivity index (χ3v) is 12.7. The lowest BCUT2D eigenvalue weighted by Gasteiger charge is -2.09. The van der Waals surface area contributed by atoms with E-state index in [4.69, 9.17) is 23.0 Å². The molecule has 3 aromatic carbocycles. The molecule has 1 N–H and O–H groups in total. The summed E-state index contributed by atoms with van der Waals surface area (Å²) in [5, 5.41) is 21.7. The second-order valence-corrected chi connectivity index (χ2v) is 17.7. The van der Waals surface area contributed by atoms with E-state index in [2.05, 4.69) is 31.4 Å². The van der Waals surface area contributed by atoms with Crippen molar-refractivity contribution in [2.75, 3.05) is 13.2 Å². The molecule has 0 spiro atoms. The summed E-state index contributed by atoms with van der Waals surface area (Å²) in [6.07, 6.45) is 10.2. The Bertz CT molecular complexity index is 2670. The molecule has 11 rings (SSSR count). The molecule has 3 aromatic heterocycles. The minimum Gasteiger partial charge on any atom is -0.462 e. The van der Waals surface area contributed by atoms with Gasteiger partial charge in [0.05, 0.1) is 25.4 Å². The topological polar surface area (TPSA) is 151 Å². The van der Waals surface area contributed by atoms with Crippen LogP contribution in [0.4, 0.5) is 13.2 Å². The Labute approximate surface area is 375 Å². The number of carbonyl (C=O) groups is 2. The van der Waals surface area contributed by atoms with Crippen LogP contribution in [0.1, 0.15) is 162 Å². The average molecular weight is 943 g/mol. The SMILES string of the molecule is CCOC(=O)c1c(-c2c(F)cccc2Br)noc1C1CC1.CCOC(=O)c1c(-c2c(F)cccc2C2CC2)noc1C1CC1.OCc1c(-c2c(F)cccc2C2CC2)noc1C1CC1. The number of aromatic nitrogens is 3. The predicted molar refractivity (Wildman–Crippen MR) is 231 cm³/mol. The minimum atomic E-state index is -0.522. The van der Waals surface area contributed by atoms with Crippen LogP contribution in [0.25, 0.3) is 33.8 Å². The predicted octanol–water partition coefficient (Wildman–Crippen LogP) is 12.4. The quantitative estimate of drug-likeness (QED) is 0.110. The fourth-order valence-electron chi connectivity index (χ4n) is 8.11. The number of hydrogen-bond acceptors (Lipinski definition) is 11. The van der Waals surface area contributed by atoms with Crippen LogP contribution in [0.5, 0.6) is 0 Å². The number of rotatable bonds is 13. The molecule has 5 saturated carbocycles. The van der Waals surface area contributed by atoms with E-state index in [1.165, 1.54) is 18.2 Å². The summed E-state index contributed by atoms with van der Waals surface area (Å²) in [6, 6.07) is 14.8. The summed E-state index contributed by atoms with van der Waals surface area (Å²) < 4.78 is 69.9. The Hall–Kier alpha value is -5.54. The van der Waals surface area contributed by atoms with E-state index in [0.717, 1.165) is 81.1 Å². The normalized spacial score (nSPS) is 16.7. The van der Waals surface area contributed by atoms with Gasteiger partial charge in [0.25, 0.3) is 0 Å². The Balaban J connectivity index is 0.000000122. The van der Waals surface area contributed by atoms with Gasteiger partial charge in [-0.25, -0.2) is 22.8 Å². The van der Waals surface area contributed by atoms with Gasteiger partial charge in [-0.3, -0.25) is 0 Å². The molecule has 6 aromatic rings. The molecule has 5 fully saturated rings. The first kappa shape index (κ1) is 43.7. The summed E-state index contributed by atoms with van der Waals surface area (Å²) in [6.45, 7) is 3.83. The summed E-state index contributed by atoms with van der Waals surface area (Å²) in [5.74, 6) is 1.18. The molecule has 3 heterocycles. The molecule has 11 nitrogen and oxygen atoms in total. The van der Waals surface area contributed by atoms with Gasteiger partial charge in [0.15, 0.2) is 11.5 Å². The van der Waals surface area contributed by atoms with Gasteiger partial charge in [0, 0.05) is 38.9 Å². The first-order valence-electron chi connectivity index (χ1n) is 22.1. The van der Waals surface area contributed by atoms with Crippen molar-refractivity contribution in [3.8, 4) is 33.8 Å². The van der Waals surface area contributed by atoms with Crippen LogP contribution in [-0.4, -0.2) is 45.7 Å². The number of aliphatic hydroxyl groups excluding tert-OH is 1. The Kier molecular flexibility index (Phi) is 12.6. The van der Waals surface area contributed by atoms with E-state index in [0.29, 0.717) is 67.4 Å². The van der Waals surface area contributed by atoms with E-state index in [9.17, 15) is 27.9 Å². The molecule has 334 valence electrons. The molecule has 0 atom stereocenters. The van der Waals surface area contributed by atoms with Crippen LogP contribution < -0.4 is 0 Å². The van der Waals surface area contributed by atoms with Crippen LogP contribution in [-0.2, 0) is 16.1 Å². The lowest BCUT2D eigenvalue weighted by Crippen LogP contribution is -2.08. The van der Waals surface area contributed by atoms with Gasteiger partial charge >= 0.3 is 11.9 Å². The lowest BCUT2D eigenvalue weighted by molar-refractivity contribution is 0.0514. The van der Waals surface area contributed by atoms with Crippen molar-refractivity contribution in [3.63, 3.8) is 0 Å². The van der Waals surface area contributed by atoms with Crippen LogP contribution in [0.15, 0.2) is 72.6 Å². The molecule has 0 saturated heterocycles. The van der Waals surface area contributed by atoms with Crippen LogP contribution in [0.3, 0.4) is 0 Å². The monoisotopic (exact) mass is 941 g/mol. The number of aliphatic hydroxyl groups is 1. The smallest absolute Gasteiger partial charge is 0.344 e. The van der Waals surface area contributed by atoms with Gasteiger partial charge < -0.3 is 28.1 Å². The van der Waals surface area contributed by atoms with E-state index in [-0.39, 0.29) is 60.1 Å². The standard InChI is InChI=1S/C18H18FNO3.C16H16FNO2.C15H13BrFNO3/c1-2-22-18(21)15-16(20-23-17(15)11-8-9-11)14-12(10-6-7-10)4-3-5-13(14)19;17-13-3-1-2-11(9-4-5-9)14(13)15-12(8-19)16(20-18-15)10-6-7-10;1-2-20-15(19)12-13(18-21-14(12)8-6-7-8)11-9(16)4-3-5-10(11)17/h3-5,10-11H,2,6-9H2,1H3;1-3,9-10,19H,4-8H2;3-5,8H,2,6-7H2,1H3. The molecular weight excluding hydrogens is 895 g/mol. The highest BCUT2D eigenvalue weighted by atomic mass is 79.9. The number of hydrogen-bond donors (Lipinski definition) is 1. The van der Waals surface area contributed by atoms with Gasteiger partial charge in [-0.05, 0) is 141 Å². The third kappa shape index (κ3) is 9.06. The van der Waals surface area contributed by atoms with E-state index >= 15 is 0 Å². The third-order valence-electron chi connectivity index (χ3n) is 12.0. The Morgan fingerprint density at radius 1 is 0.578 bits per heavy atom. The number of nitrogens with zero attached hydrogens (tertiary/aromatic N) is 3. The maximum Gasteiger partial charge on any atom is 0.344 e. The molecule has 64 heavy (non-hydrogen) atoms. The largest absolute Gasteiger partial charge is 0.462 e. The van der Waals surface area contributed by atoms with Gasteiger partial charge in [-0.2, -0.15) is 0 Å². The fourth-order valence-corrected chi connectivity index (χ4v) is 8.64. The molecule has 15 heteroatoms. The van der Waals surface area contributed by atoms with Crippen molar-refractivity contribution < 1.29 is 50.9 Å². The Morgan fingerprint density at radius 2 is 0.953 bits per heavy atom. The van der Waals surface area contributed by atoms with Gasteiger partial charge in [0.2, 0.25) is 0 Å². The minimum absolute atomic E-state index is 0.150. The second-order valence-electron chi connectivity index (χ2n) is 16.9. The van der Waals surface area contributed by atoms with Crippen molar-refractivity contribution in [2.45, 2.75) is 114 Å². The van der Waals surface area contributed by atoms with Crippen molar-refractivity contribution in [1.82, 2.24) is 15.5 Å². The fraction of sp³-hybridized carbons (Fsp3) is 0.408. The number of benzene rings is 3. The molecule has 0 radical (unpaired) electrons. The number of halogens is 4. The summed E-state index contributed by atoms with van der Waals surface area (Å²) in [5.41, 5.74) is 5.24. The molecule has 0 bridgehead atoms. The van der Waals surface area contributed by atoms with E-state index in [1.54, 1.807) is 38.1 Å². The van der Waals surface area contributed by atoms with Crippen LogP contribution in [0.2, 0.25) is 0 Å². The first-order chi connectivity index (χ1) is 31.1. The average Bonchev–Trinajstić information content (AvgIpc) is 4.07. The van der Waals surface area contributed by atoms with E-state index < -0.39 is 17.8 Å². The number of ether oxygens (including phenoxy) is 2. The molecular formula is C49H47BrF3N3O8. The summed E-state index contributed by atoms with van der Waals surface area (Å²) in [4.78, 5) is 24.6. The first-order valence-corrected chi connectivity index (χ1v) is 22.9. The summed E-state index contributed by atoms with van der Waals surface area (Å²) >= 11 is 3.29. The molecule has 0 aliphatic heterocycles. The molecule has 0 amide bonds. The highest BCUT2D eigenvalue weighted by Gasteiger charge is 2.40. The van der Waals surface area contributed by atoms with Crippen molar-refractivity contribution in [3.05, 3.63) is 122 Å². The lowest BCUT2D eigenvalue weighted by atomic mass is 9.96. The molecule has 0 unspecified atom stereocenters. The van der Waals surface area contributed by atoms with Gasteiger partial charge in [-0.1, -0.05) is 45.8 Å². The molecule has 5 aliphatic rings. The highest BCUT2D eigenvalue weighted by Crippen LogP contribution is 2.50. The Morgan fingerprint density at radius 3 is 1.38 bits per heavy atom. The highest BCUT2D eigenvalue weighted by molar-refractivity contribution is 9.10. The maximum atomic E-state index is 14.5. The summed E-state index contributed by atoms with van der Waals surface area (Å²) in [7, 11) is 0. The zero-order valence-electron chi connectivity index (χ0n) is 35.4. The zero-order chi connectivity index (χ0) is 44.6. The number of esters is 2. The van der Waals surface area contributed by atoms with Crippen molar-refractivity contribution in [1.29, 1.82) is 0 Å². The van der Waals surface area contributed by atoms with Gasteiger partial charge in [-0.15, -0.1) is 0 Å². The number of carbonyl (C=O) groups excluding carboxylic acids is 2. The molecule has 5 aliphatic carbocycles. The van der Waals surface area contributed by atoms with Crippen LogP contribution in [0, 0.1) is 17.5 Å². The van der Waals surface area contributed by atoms with Crippen LogP contribution >= 0.6 is 15.9 Å². The van der Waals surface area contributed by atoms with Crippen molar-refractivity contribution in [2.24, 2.45) is 0 Å². The maximum absolute atomic E-state index is 14.5. The van der Waals surface area contributed by atoms with Gasteiger partial charge in [0.1, 0.15) is 51.4 Å².